The van der Waals surface area contributed by atoms with E-state index in [9.17, 15) is 64.5 Å². The number of aliphatic hydroxyl groups is 2. The van der Waals surface area contributed by atoms with Crippen molar-refractivity contribution < 1.29 is 78.8 Å². The summed E-state index contributed by atoms with van der Waals surface area (Å²) in [6.07, 6.45) is -4.67. The third-order valence-corrected chi connectivity index (χ3v) is 11.9. The fourth-order valence-electron chi connectivity index (χ4n) is 8.09. The predicted octanol–water partition coefficient (Wildman–Crippen LogP) is 0.951. The molecular weight excluding hydrogens is 942 g/mol. The van der Waals surface area contributed by atoms with Gasteiger partial charge in [0.1, 0.15) is 71.2 Å². The molecule has 0 spiro atoms. The standard InChI is InChI=1S/C46H40ClN7O16/c47-24-10-18-4-8-28(24)70-30-12-19-11-29(40(30)61)69-21-5-1-16(2-6-21)39(60)37-45(66)53-36(46(67)68)23-13-20(55)14-27(57)32(23)22-9-17(3-7-26(22)56)34(43(64)54-37)52-44(65)35(19)51-41(62)25(15-31(48)58)50-42(63)33(49)38(18)59/h1-14,25,33-39,55-57,59-61H,15,49H2,(H2,48,58)(H,50,63)(H,51,62)(H,52,65)(H,53,66)(H,54,64)(H,67,68)/t25-,33+,34+,35+,36-,37-,38+,39+/m0/s1. The van der Waals surface area contributed by atoms with Crippen LogP contribution in [0.1, 0.15) is 64.6 Å². The van der Waals surface area contributed by atoms with Gasteiger partial charge in [-0.1, -0.05) is 35.9 Å². The van der Waals surface area contributed by atoms with E-state index in [4.69, 9.17) is 32.5 Å². The van der Waals surface area contributed by atoms with E-state index in [0.29, 0.717) is 0 Å². The maximum Gasteiger partial charge on any atom is 0.330 e. The fourth-order valence-corrected chi connectivity index (χ4v) is 8.32. The highest BCUT2D eigenvalue weighted by Crippen LogP contribution is 2.47. The van der Waals surface area contributed by atoms with Gasteiger partial charge in [-0.05, 0) is 76.9 Å². The van der Waals surface area contributed by atoms with Crippen molar-refractivity contribution in [3.63, 3.8) is 0 Å². The van der Waals surface area contributed by atoms with Gasteiger partial charge < -0.3 is 83.3 Å². The maximum atomic E-state index is 15.1. The van der Waals surface area contributed by atoms with Gasteiger partial charge >= 0.3 is 5.97 Å². The number of benzene rings is 5. The van der Waals surface area contributed by atoms with Gasteiger partial charge in [0.2, 0.25) is 41.2 Å². The molecule has 0 aliphatic carbocycles. The average molecular weight is 982 g/mol. The van der Waals surface area contributed by atoms with Crippen LogP contribution < -0.4 is 47.5 Å². The van der Waals surface area contributed by atoms with Crippen LogP contribution in [0, 0.1) is 0 Å². The number of aromatic hydroxyl groups is 4. The summed E-state index contributed by atoms with van der Waals surface area (Å²) in [5.74, 6) is -13.2. The van der Waals surface area contributed by atoms with Crippen molar-refractivity contribution >= 4 is 53.0 Å². The molecule has 70 heavy (non-hydrogen) atoms. The first-order valence-corrected chi connectivity index (χ1v) is 21.2. The zero-order valence-corrected chi connectivity index (χ0v) is 36.5. The molecule has 5 heterocycles. The zero-order valence-electron chi connectivity index (χ0n) is 35.7. The minimum atomic E-state index is -2.12. The molecule has 10 rings (SSSR count). The Bertz CT molecular complexity index is 3030. The number of primary amides is 1. The van der Waals surface area contributed by atoms with Crippen molar-refractivity contribution in [2.24, 2.45) is 11.5 Å². The minimum absolute atomic E-state index is 0.0108. The Morgan fingerprint density at radius 3 is 1.91 bits per heavy atom. The van der Waals surface area contributed by atoms with E-state index < -0.39 is 142 Å². The molecule has 0 unspecified atom stereocenters. The van der Waals surface area contributed by atoms with Crippen LogP contribution >= 0.6 is 11.6 Å². The van der Waals surface area contributed by atoms with Gasteiger partial charge in [0.25, 0.3) is 0 Å². The molecule has 0 fully saturated rings. The number of halogens is 1. The lowest BCUT2D eigenvalue weighted by atomic mass is 9.89. The number of hydrogen-bond donors (Lipinski definition) is 14. The second-order valence-corrected chi connectivity index (χ2v) is 16.7. The Balaban J connectivity index is 1.38. The number of rotatable bonds is 3. The van der Waals surface area contributed by atoms with Crippen molar-refractivity contribution in [3.05, 3.63) is 118 Å². The SMILES string of the molecule is NC(=O)C[C@@H]1NC(=O)[C@H](N)[C@H](O)c2ccc(c(Cl)c2)Oc2cc3cc(c2O)Oc2ccc(cc2)[C@@H](O)[C@@H]2NC(=O)[C@H](NC(=O)[C@@H]3NC1=O)c1ccc(O)c(c1)-c1c(O)cc(O)cc1[C@@H](C(=O)O)NC2=O. The third kappa shape index (κ3) is 9.31. The van der Waals surface area contributed by atoms with Crippen LogP contribution in [0.15, 0.2) is 84.9 Å². The predicted molar refractivity (Wildman–Crippen MR) is 239 cm³/mol. The quantitative estimate of drug-likeness (QED) is 0.120. The van der Waals surface area contributed by atoms with Crippen LogP contribution in [-0.2, 0) is 33.6 Å². The van der Waals surface area contributed by atoms with Crippen LogP contribution in [0.5, 0.6) is 46.0 Å². The lowest BCUT2D eigenvalue weighted by Gasteiger charge is -2.31. The number of phenolic OH excluding ortho intramolecular Hbond substituents is 4. The van der Waals surface area contributed by atoms with Crippen molar-refractivity contribution in [1.29, 1.82) is 0 Å². The molecule has 23 nitrogen and oxygen atoms in total. The summed E-state index contributed by atoms with van der Waals surface area (Å²) < 4.78 is 12.1. The second kappa shape index (κ2) is 18.8. The smallest absolute Gasteiger partial charge is 0.330 e. The Hall–Kier alpha value is -8.64. The maximum absolute atomic E-state index is 15.1. The molecule has 24 heteroatoms. The largest absolute Gasteiger partial charge is 0.508 e. The van der Waals surface area contributed by atoms with E-state index in [1.54, 1.807) is 0 Å². The van der Waals surface area contributed by atoms with Gasteiger partial charge in [-0.25, -0.2) is 4.79 Å². The normalized spacial score (nSPS) is 23.5. The average Bonchev–Trinajstić information content (AvgIpc) is 3.30. The zero-order chi connectivity index (χ0) is 50.5. The Morgan fingerprint density at radius 1 is 0.614 bits per heavy atom. The third-order valence-electron chi connectivity index (χ3n) is 11.6. The van der Waals surface area contributed by atoms with E-state index in [1.807, 2.05) is 0 Å². The van der Waals surface area contributed by atoms with Crippen molar-refractivity contribution in [1.82, 2.24) is 26.6 Å². The molecule has 0 saturated carbocycles. The van der Waals surface area contributed by atoms with Gasteiger partial charge in [-0.2, -0.15) is 0 Å². The van der Waals surface area contributed by atoms with Gasteiger partial charge in [0.05, 0.1) is 11.4 Å². The van der Waals surface area contributed by atoms with Crippen LogP contribution in [0.25, 0.3) is 11.1 Å². The molecule has 6 amide bonds. The molecule has 8 atom stereocenters. The summed E-state index contributed by atoms with van der Waals surface area (Å²) in [7, 11) is 0. The number of nitrogens with two attached hydrogens (primary N) is 2. The molecule has 5 aliphatic rings. The van der Waals surface area contributed by atoms with Gasteiger partial charge in [-0.3, -0.25) is 28.8 Å². The molecule has 16 N–H and O–H groups in total. The Morgan fingerprint density at radius 2 is 1.24 bits per heavy atom. The highest BCUT2D eigenvalue weighted by Gasteiger charge is 2.40. The first-order chi connectivity index (χ1) is 33.2. The monoisotopic (exact) mass is 981 g/mol. The molecule has 11 bridgehead atoms. The molecule has 362 valence electrons. The number of aliphatic hydroxyl groups excluding tert-OH is 2. The molecule has 5 aliphatic heterocycles. The minimum Gasteiger partial charge on any atom is -0.508 e. The van der Waals surface area contributed by atoms with Gasteiger partial charge in [-0.15, -0.1) is 0 Å². The first-order valence-electron chi connectivity index (χ1n) is 20.8. The number of aliphatic carboxylic acids is 1. The highest BCUT2D eigenvalue weighted by atomic mass is 35.5. The van der Waals surface area contributed by atoms with Crippen molar-refractivity contribution in [3.8, 4) is 57.1 Å². The molecule has 5 aromatic carbocycles. The number of nitrogens with one attached hydrogen (secondary N) is 5. The summed E-state index contributed by atoms with van der Waals surface area (Å²) in [5, 5.41) is 89.5. The van der Waals surface area contributed by atoms with E-state index in [1.165, 1.54) is 42.5 Å². The molecule has 0 radical (unpaired) electrons. The van der Waals surface area contributed by atoms with Crippen molar-refractivity contribution in [2.75, 3.05) is 0 Å². The number of phenols is 4. The van der Waals surface area contributed by atoms with Crippen LogP contribution in [-0.4, -0.2) is 95.3 Å². The number of carboxylic acids is 1. The van der Waals surface area contributed by atoms with Crippen molar-refractivity contribution in [2.45, 2.75) is 54.9 Å². The highest BCUT2D eigenvalue weighted by molar-refractivity contribution is 6.32. The first kappa shape index (κ1) is 47.8. The van der Waals surface area contributed by atoms with Crippen LogP contribution in [0.3, 0.4) is 0 Å². The lowest BCUT2D eigenvalue weighted by molar-refractivity contribution is -0.143. The molecular formula is C46H40ClN7O16. The topological polar surface area (TPSA) is 392 Å². The molecule has 5 aromatic rings. The summed E-state index contributed by atoms with van der Waals surface area (Å²) in [4.78, 5) is 97.2. The van der Waals surface area contributed by atoms with E-state index in [-0.39, 0.29) is 44.3 Å². The number of amides is 6. The van der Waals surface area contributed by atoms with Gasteiger partial charge in [0.15, 0.2) is 17.5 Å². The van der Waals surface area contributed by atoms with Gasteiger partial charge in [0, 0.05) is 22.8 Å². The summed E-state index contributed by atoms with van der Waals surface area (Å²) >= 11 is 6.57. The van der Waals surface area contributed by atoms with E-state index in [0.717, 1.165) is 42.5 Å². The number of hydrogen-bond acceptors (Lipinski definition) is 16. The van der Waals surface area contributed by atoms with Crippen LogP contribution in [0.2, 0.25) is 5.02 Å². The molecule has 0 aromatic heterocycles. The summed E-state index contributed by atoms with van der Waals surface area (Å²) in [5.41, 5.74) is 9.68. The summed E-state index contributed by atoms with van der Waals surface area (Å²) in [6.45, 7) is 0. The molecule has 0 saturated heterocycles. The number of ether oxygens (including phenoxy) is 2. The van der Waals surface area contributed by atoms with E-state index >= 15 is 4.79 Å². The number of fused-ring (bicyclic) bond motifs is 15. The number of carboxylic acid groups (broad SMARTS) is 1. The lowest BCUT2D eigenvalue weighted by Crippen LogP contribution is -2.56. The Kier molecular flexibility index (Phi) is 12.8. The Labute approximate surface area is 398 Å². The fraction of sp³-hybridized carbons (Fsp3) is 0.196. The second-order valence-electron chi connectivity index (χ2n) is 16.3. The number of carbonyl (C=O) groups is 7. The van der Waals surface area contributed by atoms with Crippen LogP contribution in [0.4, 0.5) is 0 Å². The van der Waals surface area contributed by atoms with E-state index in [2.05, 4.69) is 26.6 Å². The summed E-state index contributed by atoms with van der Waals surface area (Å²) in [6, 6.07) is 3.89. The number of carbonyl (C=O) groups excluding carboxylic acids is 6.